The molecule has 0 aliphatic carbocycles. The molecule has 5 nitrogen and oxygen atoms in total. The van der Waals surface area contributed by atoms with Gasteiger partial charge in [0.2, 0.25) is 0 Å². The van der Waals surface area contributed by atoms with E-state index < -0.39 is 14.8 Å². The molecular weight excluding hydrogens is 396 g/mol. The fourth-order valence-corrected chi connectivity index (χ4v) is 6.17. The van der Waals surface area contributed by atoms with Crippen LogP contribution in [0.2, 0.25) is 6.04 Å². The summed E-state index contributed by atoms with van der Waals surface area (Å²) in [7, 11) is -2.30. The van der Waals surface area contributed by atoms with Crippen LogP contribution >= 0.6 is 0 Å². The minimum atomic E-state index is -2.30. The highest BCUT2D eigenvalue weighted by atomic mass is 28.4. The zero-order valence-electron chi connectivity index (χ0n) is 18.3. The highest BCUT2D eigenvalue weighted by Crippen LogP contribution is 2.28. The van der Waals surface area contributed by atoms with Gasteiger partial charge >= 0.3 is 14.8 Å². The fraction of sp³-hybridized carbons (Fsp3) is 0.375. The van der Waals surface area contributed by atoms with Gasteiger partial charge in [0.15, 0.2) is 0 Å². The molecule has 0 bridgehead atoms. The molecule has 0 spiro atoms. The van der Waals surface area contributed by atoms with Crippen LogP contribution in [0.1, 0.15) is 44.5 Å². The second-order valence-corrected chi connectivity index (χ2v) is 9.46. The lowest BCUT2D eigenvalue weighted by molar-refractivity contribution is 0.0695. The van der Waals surface area contributed by atoms with E-state index in [-0.39, 0.29) is 0 Å². The van der Waals surface area contributed by atoms with E-state index in [0.717, 1.165) is 34.0 Å². The second kappa shape index (κ2) is 11.8. The van der Waals surface area contributed by atoms with Gasteiger partial charge in [0.1, 0.15) is 0 Å². The molecule has 0 saturated carbocycles. The van der Waals surface area contributed by atoms with Gasteiger partial charge in [0.05, 0.1) is 5.56 Å². The minimum Gasteiger partial charge on any atom is -0.478 e. The smallest absolute Gasteiger partial charge is 0.478 e. The Morgan fingerprint density at radius 1 is 0.800 bits per heavy atom. The van der Waals surface area contributed by atoms with Gasteiger partial charge in [-0.15, -0.1) is 0 Å². The molecule has 0 aliphatic rings. The number of hydrogen-bond acceptors (Lipinski definition) is 4. The van der Waals surface area contributed by atoms with Crippen molar-refractivity contribution in [2.45, 2.75) is 40.2 Å². The monoisotopic (exact) mass is 428 g/mol. The maximum Gasteiger partial charge on any atom is 0.500 e. The molecule has 30 heavy (non-hydrogen) atoms. The summed E-state index contributed by atoms with van der Waals surface area (Å²) in [5.41, 5.74) is 0.388. The maximum absolute atomic E-state index is 11.4. The number of hydrogen-bond donors (Lipinski definition) is 1. The van der Waals surface area contributed by atoms with Crippen LogP contribution in [0.4, 0.5) is 0 Å². The number of carboxylic acids is 1. The third-order valence-electron chi connectivity index (χ3n) is 4.63. The Labute approximate surface area is 179 Å². The van der Waals surface area contributed by atoms with Gasteiger partial charge in [0, 0.05) is 25.9 Å². The van der Waals surface area contributed by atoms with E-state index in [4.69, 9.17) is 13.3 Å². The summed E-state index contributed by atoms with van der Waals surface area (Å²) in [4.78, 5) is 11.4. The predicted molar refractivity (Wildman–Crippen MR) is 124 cm³/mol. The Hall–Kier alpha value is -2.25. The highest BCUT2D eigenvalue weighted by Gasteiger charge is 2.38. The van der Waals surface area contributed by atoms with Crippen LogP contribution in [-0.4, -0.2) is 39.7 Å². The quantitative estimate of drug-likeness (QED) is 0.328. The molecule has 0 amide bonds. The van der Waals surface area contributed by atoms with Crippen molar-refractivity contribution in [1.82, 2.24) is 0 Å². The van der Waals surface area contributed by atoms with Gasteiger partial charge in [-0.05, 0) is 48.4 Å². The van der Waals surface area contributed by atoms with Crippen molar-refractivity contribution in [3.63, 3.8) is 0 Å². The third kappa shape index (κ3) is 5.89. The molecule has 1 N–H and O–H groups in total. The summed E-state index contributed by atoms with van der Waals surface area (Å²) >= 11 is 0. The fourth-order valence-electron chi connectivity index (χ4n) is 3.55. The zero-order chi connectivity index (χ0) is 22.0. The second-order valence-electron chi connectivity index (χ2n) is 6.73. The van der Waals surface area contributed by atoms with E-state index in [1.807, 2.05) is 75.4 Å². The average molecular weight is 429 g/mol. The summed E-state index contributed by atoms with van der Waals surface area (Å²) in [5, 5.41) is 12.9. The molecule has 0 atom stereocenters. The van der Waals surface area contributed by atoms with Gasteiger partial charge in [-0.1, -0.05) is 61.9 Å². The Kier molecular flexibility index (Phi) is 9.46. The number of carboxylic acid groups (broad SMARTS) is 1. The van der Waals surface area contributed by atoms with Crippen LogP contribution in [0.3, 0.4) is 0 Å². The third-order valence-corrected chi connectivity index (χ3v) is 7.93. The molecule has 3 rings (SSSR count). The number of fused-ring (bicyclic) bond motifs is 2. The highest BCUT2D eigenvalue weighted by molar-refractivity contribution is 6.60. The van der Waals surface area contributed by atoms with Gasteiger partial charge in [0.25, 0.3) is 0 Å². The molecule has 0 radical (unpaired) electrons. The Morgan fingerprint density at radius 3 is 1.60 bits per heavy atom. The molecule has 162 valence electrons. The van der Waals surface area contributed by atoms with Crippen molar-refractivity contribution in [3.8, 4) is 0 Å². The Balaban J connectivity index is 0.000000224. The van der Waals surface area contributed by atoms with Gasteiger partial charge in [-0.3, -0.25) is 0 Å². The minimum absolute atomic E-state index is 0.388. The van der Waals surface area contributed by atoms with Crippen LogP contribution in [-0.2, 0) is 13.3 Å². The first-order valence-electron chi connectivity index (χ1n) is 10.6. The summed E-state index contributed by atoms with van der Waals surface area (Å²) in [6, 6.07) is 18.1. The largest absolute Gasteiger partial charge is 0.500 e. The molecule has 0 fully saturated rings. The first-order valence-corrected chi connectivity index (χ1v) is 12.5. The standard InChI is InChI=1S/C15H10O2.C9H22O3Si/c16-15(17)14-12-7-3-1-5-10(12)9-11-6-2-4-8-13(11)14;1-5-9-13(10-6-2,11-7-3)12-8-4/h1-9H,(H,16,17);5-9H2,1-4H3. The molecule has 0 heterocycles. The average Bonchev–Trinajstić information content (AvgIpc) is 2.73. The number of benzene rings is 3. The van der Waals surface area contributed by atoms with Gasteiger partial charge in [-0.2, -0.15) is 0 Å². The lowest BCUT2D eigenvalue weighted by Gasteiger charge is -2.27. The van der Waals surface area contributed by atoms with E-state index in [1.165, 1.54) is 0 Å². The van der Waals surface area contributed by atoms with Gasteiger partial charge in [-0.25, -0.2) is 4.79 Å². The van der Waals surface area contributed by atoms with Crippen molar-refractivity contribution >= 4 is 36.3 Å². The Bertz CT molecular complexity index is 873. The first kappa shape index (κ1) is 24.0. The van der Waals surface area contributed by atoms with E-state index in [1.54, 1.807) is 0 Å². The van der Waals surface area contributed by atoms with E-state index >= 15 is 0 Å². The molecule has 6 heteroatoms. The topological polar surface area (TPSA) is 65.0 Å². The summed E-state index contributed by atoms with van der Waals surface area (Å²) in [5.74, 6) is -0.877. The zero-order valence-corrected chi connectivity index (χ0v) is 19.3. The van der Waals surface area contributed by atoms with Gasteiger partial charge < -0.3 is 18.4 Å². The summed E-state index contributed by atoms with van der Waals surface area (Å²) < 4.78 is 16.9. The summed E-state index contributed by atoms with van der Waals surface area (Å²) in [6.07, 6.45) is 1.05. The van der Waals surface area contributed by atoms with Crippen molar-refractivity contribution in [3.05, 3.63) is 60.2 Å². The van der Waals surface area contributed by atoms with E-state index in [9.17, 15) is 9.90 Å². The SMILES string of the molecule is CCC[Si](OCC)(OCC)OCC.O=C(O)c1c2ccccc2cc2ccccc12. The normalized spacial score (nSPS) is 11.3. The van der Waals surface area contributed by atoms with Crippen molar-refractivity contribution in [1.29, 1.82) is 0 Å². The van der Waals surface area contributed by atoms with Crippen LogP contribution in [0, 0.1) is 0 Å². The Morgan fingerprint density at radius 2 is 1.23 bits per heavy atom. The molecule has 3 aromatic carbocycles. The number of rotatable bonds is 9. The van der Waals surface area contributed by atoms with Crippen molar-refractivity contribution in [2.24, 2.45) is 0 Å². The predicted octanol–water partition coefficient (Wildman–Crippen LogP) is 6.14. The van der Waals surface area contributed by atoms with Crippen LogP contribution < -0.4 is 0 Å². The first-order chi connectivity index (χ1) is 14.5. The lowest BCUT2D eigenvalue weighted by Crippen LogP contribution is -2.45. The lowest BCUT2D eigenvalue weighted by atomic mass is 9.97. The van der Waals surface area contributed by atoms with E-state index in [2.05, 4.69) is 6.92 Å². The van der Waals surface area contributed by atoms with Crippen LogP contribution in [0.15, 0.2) is 54.6 Å². The summed E-state index contributed by atoms with van der Waals surface area (Å²) in [6.45, 7) is 10.1. The molecule has 0 aliphatic heterocycles. The molecular formula is C24H32O5Si. The maximum atomic E-state index is 11.4. The number of carbonyl (C=O) groups is 1. The van der Waals surface area contributed by atoms with E-state index in [0.29, 0.717) is 25.4 Å². The number of aromatic carboxylic acids is 1. The molecule has 3 aromatic rings. The van der Waals surface area contributed by atoms with Crippen LogP contribution in [0.5, 0.6) is 0 Å². The van der Waals surface area contributed by atoms with Crippen molar-refractivity contribution < 1.29 is 23.2 Å². The van der Waals surface area contributed by atoms with Crippen LogP contribution in [0.25, 0.3) is 21.5 Å². The van der Waals surface area contributed by atoms with Crippen molar-refractivity contribution in [2.75, 3.05) is 19.8 Å². The molecule has 0 unspecified atom stereocenters. The molecule has 0 aromatic heterocycles. The molecule has 0 saturated heterocycles.